The summed E-state index contributed by atoms with van der Waals surface area (Å²) in [6, 6.07) is 6.40. The van der Waals surface area contributed by atoms with Crippen molar-refractivity contribution < 1.29 is 18.3 Å². The maximum Gasteiger partial charge on any atom is 0.159 e. The van der Waals surface area contributed by atoms with E-state index in [0.717, 1.165) is 12.1 Å². The van der Waals surface area contributed by atoms with Crippen molar-refractivity contribution in [2.75, 3.05) is 0 Å². The number of hydrogen-bond acceptors (Lipinski definition) is 2. The molecule has 0 unspecified atom stereocenters. The van der Waals surface area contributed by atoms with Gasteiger partial charge in [-0.3, -0.25) is 0 Å². The maximum atomic E-state index is 12.9. The second-order valence-corrected chi connectivity index (χ2v) is 3.09. The smallest absolute Gasteiger partial charge is 0.159 e. The number of aliphatic hydroxyl groups is 1. The summed E-state index contributed by atoms with van der Waals surface area (Å²) in [6.07, 6.45) is 0.327. The van der Waals surface area contributed by atoms with Gasteiger partial charge in [-0.1, -0.05) is 6.07 Å². The number of aliphatic hydroxyl groups excluding tert-OH is 1. The first-order valence-electron chi connectivity index (χ1n) is 4.35. The standard InChI is InChI=1S/C11H8F2O2/c12-8-4-3-7(6-9(8)13)11(14)10-2-1-5-15-10/h1-6,11,14H/t11-/m0/s1. The van der Waals surface area contributed by atoms with Crippen molar-refractivity contribution in [2.45, 2.75) is 6.10 Å². The van der Waals surface area contributed by atoms with Gasteiger partial charge in [-0.15, -0.1) is 0 Å². The van der Waals surface area contributed by atoms with Crippen molar-refractivity contribution in [2.24, 2.45) is 0 Å². The first-order valence-corrected chi connectivity index (χ1v) is 4.35. The molecular weight excluding hydrogens is 202 g/mol. The van der Waals surface area contributed by atoms with E-state index in [2.05, 4.69) is 0 Å². The van der Waals surface area contributed by atoms with Crippen molar-refractivity contribution in [3.05, 3.63) is 59.6 Å². The minimum absolute atomic E-state index is 0.254. The van der Waals surface area contributed by atoms with Gasteiger partial charge in [0.05, 0.1) is 6.26 Å². The summed E-state index contributed by atoms with van der Waals surface area (Å²) >= 11 is 0. The van der Waals surface area contributed by atoms with Gasteiger partial charge in [0.25, 0.3) is 0 Å². The molecule has 0 spiro atoms. The van der Waals surface area contributed by atoms with Crippen LogP contribution in [0.1, 0.15) is 17.4 Å². The third kappa shape index (κ3) is 1.89. The molecule has 4 heteroatoms. The molecule has 0 amide bonds. The molecule has 1 aromatic heterocycles. The van der Waals surface area contributed by atoms with Gasteiger partial charge in [0, 0.05) is 0 Å². The van der Waals surface area contributed by atoms with Crippen LogP contribution in [0.3, 0.4) is 0 Å². The molecule has 1 atom stereocenters. The Hall–Kier alpha value is -1.68. The van der Waals surface area contributed by atoms with Crippen molar-refractivity contribution in [1.29, 1.82) is 0 Å². The van der Waals surface area contributed by atoms with Crippen molar-refractivity contribution in [3.8, 4) is 0 Å². The highest BCUT2D eigenvalue weighted by molar-refractivity contribution is 5.25. The fourth-order valence-electron chi connectivity index (χ4n) is 1.29. The van der Waals surface area contributed by atoms with E-state index in [1.54, 1.807) is 12.1 Å². The number of hydrogen-bond donors (Lipinski definition) is 1. The van der Waals surface area contributed by atoms with E-state index in [4.69, 9.17) is 4.42 Å². The molecule has 0 aliphatic heterocycles. The summed E-state index contributed by atoms with van der Waals surface area (Å²) in [6.45, 7) is 0. The molecule has 1 N–H and O–H groups in total. The zero-order valence-corrected chi connectivity index (χ0v) is 7.65. The molecule has 78 valence electrons. The van der Waals surface area contributed by atoms with E-state index in [9.17, 15) is 13.9 Å². The Kier molecular flexibility index (Phi) is 2.51. The molecule has 0 saturated heterocycles. The highest BCUT2D eigenvalue weighted by atomic mass is 19.2. The van der Waals surface area contributed by atoms with Crippen LogP contribution < -0.4 is 0 Å². The summed E-state index contributed by atoms with van der Waals surface area (Å²) in [5.74, 6) is -1.63. The first-order chi connectivity index (χ1) is 7.18. The van der Waals surface area contributed by atoms with Crippen LogP contribution in [0.2, 0.25) is 0 Å². The highest BCUT2D eigenvalue weighted by Gasteiger charge is 2.14. The van der Waals surface area contributed by atoms with Crippen molar-refractivity contribution >= 4 is 0 Å². The molecule has 15 heavy (non-hydrogen) atoms. The maximum absolute atomic E-state index is 12.9. The number of rotatable bonds is 2. The summed E-state index contributed by atoms with van der Waals surface area (Å²) < 4.78 is 30.4. The van der Waals surface area contributed by atoms with Crippen molar-refractivity contribution in [1.82, 2.24) is 0 Å². The third-order valence-electron chi connectivity index (χ3n) is 2.07. The van der Waals surface area contributed by atoms with Gasteiger partial charge < -0.3 is 9.52 Å². The monoisotopic (exact) mass is 210 g/mol. The molecule has 2 rings (SSSR count). The molecule has 0 fully saturated rings. The summed E-state index contributed by atoms with van der Waals surface area (Å²) in [5, 5.41) is 9.71. The summed E-state index contributed by atoms with van der Waals surface area (Å²) in [4.78, 5) is 0. The van der Waals surface area contributed by atoms with Gasteiger partial charge in [0.1, 0.15) is 11.9 Å². The molecule has 0 saturated carbocycles. The third-order valence-corrected chi connectivity index (χ3v) is 2.07. The Labute approximate surface area is 84.8 Å². The average molecular weight is 210 g/mol. The van der Waals surface area contributed by atoms with E-state index in [1.807, 2.05) is 0 Å². The SMILES string of the molecule is O[C@@H](c1ccc(F)c(F)c1)c1ccco1. The van der Waals surface area contributed by atoms with Gasteiger partial charge in [0.15, 0.2) is 11.6 Å². The van der Waals surface area contributed by atoms with Crippen LogP contribution in [-0.2, 0) is 0 Å². The van der Waals surface area contributed by atoms with Gasteiger partial charge in [0.2, 0.25) is 0 Å². The fourth-order valence-corrected chi connectivity index (χ4v) is 1.29. The zero-order chi connectivity index (χ0) is 10.8. The Bertz CT molecular complexity index is 452. The normalized spacial score (nSPS) is 12.7. The first kappa shape index (κ1) is 9.86. The van der Waals surface area contributed by atoms with Gasteiger partial charge in [-0.2, -0.15) is 0 Å². The Balaban J connectivity index is 2.34. The van der Waals surface area contributed by atoms with Gasteiger partial charge in [-0.25, -0.2) is 8.78 Å². The van der Waals surface area contributed by atoms with Crippen LogP contribution in [0.25, 0.3) is 0 Å². The second kappa shape index (κ2) is 3.82. The lowest BCUT2D eigenvalue weighted by Gasteiger charge is -2.07. The van der Waals surface area contributed by atoms with Gasteiger partial charge in [-0.05, 0) is 29.8 Å². The largest absolute Gasteiger partial charge is 0.466 e. The van der Waals surface area contributed by atoms with Crippen LogP contribution in [0, 0.1) is 11.6 Å². The number of furan rings is 1. The second-order valence-electron chi connectivity index (χ2n) is 3.09. The molecule has 0 aliphatic rings. The molecule has 0 radical (unpaired) electrons. The van der Waals surface area contributed by atoms with E-state index >= 15 is 0 Å². The predicted octanol–water partition coefficient (Wildman–Crippen LogP) is 2.64. The van der Waals surface area contributed by atoms with Crippen LogP contribution in [0.4, 0.5) is 8.78 Å². The Morgan fingerprint density at radius 1 is 1.13 bits per heavy atom. The zero-order valence-electron chi connectivity index (χ0n) is 7.65. The molecule has 2 aromatic rings. The van der Waals surface area contributed by atoms with Crippen LogP contribution >= 0.6 is 0 Å². The fraction of sp³-hybridized carbons (Fsp3) is 0.0909. The highest BCUT2D eigenvalue weighted by Crippen LogP contribution is 2.23. The van der Waals surface area contributed by atoms with Crippen LogP contribution in [-0.4, -0.2) is 5.11 Å². The predicted molar refractivity (Wildman–Crippen MR) is 49.1 cm³/mol. The number of benzene rings is 1. The van der Waals surface area contributed by atoms with E-state index < -0.39 is 17.7 Å². The lowest BCUT2D eigenvalue weighted by Crippen LogP contribution is -1.99. The number of halogens is 2. The molecule has 0 aliphatic carbocycles. The van der Waals surface area contributed by atoms with Crippen molar-refractivity contribution in [3.63, 3.8) is 0 Å². The Morgan fingerprint density at radius 2 is 1.93 bits per heavy atom. The topological polar surface area (TPSA) is 33.4 Å². The minimum Gasteiger partial charge on any atom is -0.466 e. The van der Waals surface area contributed by atoms with Crippen LogP contribution in [0.5, 0.6) is 0 Å². The summed E-state index contributed by atoms with van der Waals surface area (Å²) in [5.41, 5.74) is 0.254. The quantitative estimate of drug-likeness (QED) is 0.826. The lowest BCUT2D eigenvalue weighted by molar-refractivity contribution is 0.188. The molecule has 1 aromatic carbocycles. The van der Waals surface area contributed by atoms with Gasteiger partial charge >= 0.3 is 0 Å². The molecule has 2 nitrogen and oxygen atoms in total. The Morgan fingerprint density at radius 3 is 2.53 bits per heavy atom. The lowest BCUT2D eigenvalue weighted by atomic mass is 10.1. The van der Waals surface area contributed by atoms with E-state index in [0.29, 0.717) is 5.76 Å². The van der Waals surface area contributed by atoms with Crippen LogP contribution in [0.15, 0.2) is 41.0 Å². The van der Waals surface area contributed by atoms with E-state index in [-0.39, 0.29) is 5.56 Å². The average Bonchev–Trinajstić information content (AvgIpc) is 2.74. The summed E-state index contributed by atoms with van der Waals surface area (Å²) in [7, 11) is 0. The molecular formula is C11H8F2O2. The van der Waals surface area contributed by atoms with E-state index in [1.165, 1.54) is 12.3 Å². The molecule has 0 bridgehead atoms. The minimum atomic E-state index is -1.07. The molecule has 1 heterocycles.